The summed E-state index contributed by atoms with van der Waals surface area (Å²) in [6, 6.07) is 5.28. The molecule has 4 nitrogen and oxygen atoms in total. The average molecular weight is 316 g/mol. The summed E-state index contributed by atoms with van der Waals surface area (Å²) in [6.45, 7) is 2.94. The van der Waals surface area contributed by atoms with Crippen LogP contribution >= 0.6 is 15.9 Å². The summed E-state index contributed by atoms with van der Waals surface area (Å²) >= 11 is 3.37. The number of carbonyl (C=O) groups is 1. The Bertz CT molecular complexity index is 403. The van der Waals surface area contributed by atoms with Gasteiger partial charge in [-0.25, -0.2) is 0 Å². The molecule has 0 unspecified atom stereocenters. The molecule has 1 N–H and O–H groups in total. The van der Waals surface area contributed by atoms with E-state index in [4.69, 9.17) is 9.84 Å². The van der Waals surface area contributed by atoms with Gasteiger partial charge in [-0.3, -0.25) is 4.79 Å². The first kappa shape index (κ1) is 15.0. The van der Waals surface area contributed by atoms with E-state index in [9.17, 15) is 4.79 Å². The topological polar surface area (TPSA) is 49.8 Å². The third-order valence-corrected chi connectivity index (χ3v) is 3.25. The lowest BCUT2D eigenvalue weighted by Gasteiger charge is -2.21. The predicted molar refractivity (Wildman–Crippen MR) is 74.0 cm³/mol. The molecule has 0 bridgehead atoms. The van der Waals surface area contributed by atoms with E-state index in [-0.39, 0.29) is 12.5 Å². The maximum absolute atomic E-state index is 12.3. The van der Waals surface area contributed by atoms with Gasteiger partial charge in [0.15, 0.2) is 0 Å². The Labute approximate surface area is 116 Å². The molecule has 0 aromatic heterocycles. The molecule has 0 saturated heterocycles. The van der Waals surface area contributed by atoms with E-state index in [0.29, 0.717) is 24.4 Å². The van der Waals surface area contributed by atoms with Crippen molar-refractivity contribution in [1.82, 2.24) is 4.90 Å². The molecular formula is C13H18BrNO3. The van der Waals surface area contributed by atoms with E-state index < -0.39 is 0 Å². The number of benzene rings is 1. The summed E-state index contributed by atoms with van der Waals surface area (Å²) in [5.41, 5.74) is 0.552. The Balaban J connectivity index is 2.99. The molecule has 1 aromatic carbocycles. The van der Waals surface area contributed by atoms with Crippen LogP contribution in [0.3, 0.4) is 0 Å². The van der Waals surface area contributed by atoms with Crippen LogP contribution < -0.4 is 4.74 Å². The lowest BCUT2D eigenvalue weighted by molar-refractivity contribution is 0.0720. The SMILES string of the molecule is CCCN(CCO)C(=O)c1cc(OC)ccc1Br. The highest BCUT2D eigenvalue weighted by atomic mass is 79.9. The lowest BCUT2D eigenvalue weighted by Crippen LogP contribution is -2.34. The van der Waals surface area contributed by atoms with Crippen LogP contribution in [0, 0.1) is 0 Å². The fourth-order valence-corrected chi connectivity index (χ4v) is 2.09. The van der Waals surface area contributed by atoms with Gasteiger partial charge in [-0.15, -0.1) is 0 Å². The van der Waals surface area contributed by atoms with Gasteiger partial charge in [-0.05, 0) is 40.5 Å². The number of carbonyl (C=O) groups excluding carboxylic acids is 1. The summed E-state index contributed by atoms with van der Waals surface area (Å²) in [7, 11) is 1.56. The fraction of sp³-hybridized carbons (Fsp3) is 0.462. The van der Waals surface area contributed by atoms with Crippen LogP contribution in [-0.4, -0.2) is 42.7 Å². The Morgan fingerprint density at radius 1 is 1.44 bits per heavy atom. The summed E-state index contributed by atoms with van der Waals surface area (Å²) < 4.78 is 5.85. The molecule has 1 rings (SSSR count). The van der Waals surface area contributed by atoms with Crippen molar-refractivity contribution in [3.05, 3.63) is 28.2 Å². The molecule has 0 radical (unpaired) electrons. The van der Waals surface area contributed by atoms with Crippen LogP contribution in [0.25, 0.3) is 0 Å². The third kappa shape index (κ3) is 3.71. The molecule has 0 aliphatic carbocycles. The number of aliphatic hydroxyl groups excluding tert-OH is 1. The highest BCUT2D eigenvalue weighted by Crippen LogP contribution is 2.23. The van der Waals surface area contributed by atoms with E-state index in [2.05, 4.69) is 15.9 Å². The van der Waals surface area contributed by atoms with Crippen molar-refractivity contribution in [2.75, 3.05) is 26.8 Å². The molecule has 0 aliphatic rings. The van der Waals surface area contributed by atoms with Gasteiger partial charge in [0.1, 0.15) is 5.75 Å². The quantitative estimate of drug-likeness (QED) is 0.876. The molecular weight excluding hydrogens is 298 g/mol. The number of ether oxygens (including phenoxy) is 1. The van der Waals surface area contributed by atoms with Crippen molar-refractivity contribution >= 4 is 21.8 Å². The molecule has 1 aromatic rings. The van der Waals surface area contributed by atoms with Crippen molar-refractivity contribution in [3.8, 4) is 5.75 Å². The molecule has 18 heavy (non-hydrogen) atoms. The Kier molecular flexibility index (Phi) is 6.15. The van der Waals surface area contributed by atoms with Gasteiger partial charge < -0.3 is 14.7 Å². The van der Waals surface area contributed by atoms with Gasteiger partial charge in [0.2, 0.25) is 0 Å². The van der Waals surface area contributed by atoms with Gasteiger partial charge >= 0.3 is 0 Å². The molecule has 100 valence electrons. The number of amides is 1. The number of methoxy groups -OCH3 is 1. The molecule has 0 atom stereocenters. The molecule has 0 aliphatic heterocycles. The summed E-state index contributed by atoms with van der Waals surface area (Å²) in [6.07, 6.45) is 0.854. The van der Waals surface area contributed by atoms with E-state index in [1.807, 2.05) is 6.92 Å². The number of aliphatic hydroxyl groups is 1. The minimum absolute atomic E-state index is 0.0344. The first-order valence-electron chi connectivity index (χ1n) is 5.87. The van der Waals surface area contributed by atoms with Crippen molar-refractivity contribution in [3.63, 3.8) is 0 Å². The zero-order chi connectivity index (χ0) is 13.5. The molecule has 0 saturated carbocycles. The van der Waals surface area contributed by atoms with Gasteiger partial charge in [0.05, 0.1) is 19.3 Å². The summed E-state index contributed by atoms with van der Waals surface area (Å²) in [5.74, 6) is 0.540. The molecule has 0 heterocycles. The summed E-state index contributed by atoms with van der Waals surface area (Å²) in [4.78, 5) is 14.0. The van der Waals surface area contributed by atoms with Crippen LogP contribution in [0.4, 0.5) is 0 Å². The minimum Gasteiger partial charge on any atom is -0.497 e. The molecule has 0 spiro atoms. The highest BCUT2D eigenvalue weighted by molar-refractivity contribution is 9.10. The minimum atomic E-state index is -0.100. The van der Waals surface area contributed by atoms with Crippen LogP contribution in [-0.2, 0) is 0 Å². The van der Waals surface area contributed by atoms with Crippen molar-refractivity contribution < 1.29 is 14.6 Å². The first-order valence-corrected chi connectivity index (χ1v) is 6.67. The molecule has 0 fully saturated rings. The molecule has 5 heteroatoms. The number of halogens is 1. The largest absolute Gasteiger partial charge is 0.497 e. The second-order valence-corrected chi connectivity index (χ2v) is 4.72. The van der Waals surface area contributed by atoms with Crippen LogP contribution in [0.2, 0.25) is 0 Å². The first-order chi connectivity index (χ1) is 8.63. The van der Waals surface area contributed by atoms with E-state index in [1.54, 1.807) is 30.2 Å². The zero-order valence-corrected chi connectivity index (χ0v) is 12.2. The normalized spacial score (nSPS) is 10.2. The fourth-order valence-electron chi connectivity index (χ4n) is 1.67. The second kappa shape index (κ2) is 7.38. The molecule has 1 amide bonds. The Hall–Kier alpha value is -1.07. The van der Waals surface area contributed by atoms with Gasteiger partial charge in [-0.2, -0.15) is 0 Å². The van der Waals surface area contributed by atoms with Gasteiger partial charge in [0.25, 0.3) is 5.91 Å². The predicted octanol–water partition coefficient (Wildman–Crippen LogP) is 2.30. The maximum Gasteiger partial charge on any atom is 0.255 e. The van der Waals surface area contributed by atoms with E-state index >= 15 is 0 Å². The maximum atomic E-state index is 12.3. The number of hydrogen-bond acceptors (Lipinski definition) is 3. The van der Waals surface area contributed by atoms with E-state index in [1.165, 1.54) is 0 Å². The number of rotatable bonds is 6. The lowest BCUT2D eigenvalue weighted by atomic mass is 10.2. The zero-order valence-electron chi connectivity index (χ0n) is 10.6. The second-order valence-electron chi connectivity index (χ2n) is 3.86. The monoisotopic (exact) mass is 315 g/mol. The van der Waals surface area contributed by atoms with Crippen molar-refractivity contribution in [2.45, 2.75) is 13.3 Å². The van der Waals surface area contributed by atoms with Crippen molar-refractivity contribution in [1.29, 1.82) is 0 Å². The van der Waals surface area contributed by atoms with Gasteiger partial charge in [-0.1, -0.05) is 6.92 Å². The number of hydrogen-bond donors (Lipinski definition) is 1. The van der Waals surface area contributed by atoms with Crippen molar-refractivity contribution in [2.24, 2.45) is 0 Å². The van der Waals surface area contributed by atoms with Crippen LogP contribution in [0.15, 0.2) is 22.7 Å². The summed E-state index contributed by atoms with van der Waals surface area (Å²) in [5, 5.41) is 9.00. The average Bonchev–Trinajstić information content (AvgIpc) is 2.38. The standard InChI is InChI=1S/C13H18BrNO3/c1-3-6-15(7-8-16)13(17)11-9-10(18-2)4-5-12(11)14/h4-5,9,16H,3,6-8H2,1-2H3. The Morgan fingerprint density at radius 2 is 2.17 bits per heavy atom. The van der Waals surface area contributed by atoms with Crippen LogP contribution in [0.5, 0.6) is 5.75 Å². The highest BCUT2D eigenvalue weighted by Gasteiger charge is 2.17. The van der Waals surface area contributed by atoms with E-state index in [0.717, 1.165) is 10.9 Å². The smallest absolute Gasteiger partial charge is 0.255 e. The number of nitrogens with zero attached hydrogens (tertiary/aromatic N) is 1. The third-order valence-electron chi connectivity index (χ3n) is 2.55. The van der Waals surface area contributed by atoms with Gasteiger partial charge in [0, 0.05) is 17.6 Å². The van der Waals surface area contributed by atoms with Crippen LogP contribution in [0.1, 0.15) is 23.7 Å². The Morgan fingerprint density at radius 3 is 2.72 bits per heavy atom.